The average molecular weight is 271 g/mol. The van der Waals surface area contributed by atoms with Gasteiger partial charge in [0.25, 0.3) is 0 Å². The Kier molecular flexibility index (Phi) is 3.24. The lowest BCUT2D eigenvalue weighted by molar-refractivity contribution is -0.127. The minimum absolute atomic E-state index is 0.132. The molecular weight excluding hydrogens is 250 g/mol. The molecule has 1 amide bonds. The van der Waals surface area contributed by atoms with Crippen LogP contribution in [0.3, 0.4) is 0 Å². The average Bonchev–Trinajstić information content (AvgIpc) is 3.05. The molecule has 0 unspecified atom stereocenters. The van der Waals surface area contributed by atoms with E-state index in [2.05, 4.69) is 35.9 Å². The molecule has 0 atom stereocenters. The van der Waals surface area contributed by atoms with Gasteiger partial charge in [0.1, 0.15) is 0 Å². The van der Waals surface area contributed by atoms with Gasteiger partial charge in [-0.15, -0.1) is 0 Å². The fourth-order valence-electron chi connectivity index (χ4n) is 3.13. The molecule has 0 saturated heterocycles. The van der Waals surface area contributed by atoms with Crippen LogP contribution in [0.25, 0.3) is 5.57 Å². The van der Waals surface area contributed by atoms with Crippen molar-refractivity contribution in [2.45, 2.75) is 33.2 Å². The summed E-state index contributed by atoms with van der Waals surface area (Å²) in [4.78, 5) is 20.3. The molecule has 0 fully saturated rings. The summed E-state index contributed by atoms with van der Waals surface area (Å²) < 4.78 is 0. The first-order valence-corrected chi connectivity index (χ1v) is 7.27. The summed E-state index contributed by atoms with van der Waals surface area (Å²) in [6.07, 6.45) is 5.09. The molecule has 0 bridgehead atoms. The van der Waals surface area contributed by atoms with Gasteiger partial charge in [-0.05, 0) is 31.9 Å². The lowest BCUT2D eigenvalue weighted by Crippen LogP contribution is -2.28. The van der Waals surface area contributed by atoms with Crippen molar-refractivity contribution in [1.29, 1.82) is 0 Å². The molecular formula is C16H21N3O. The van der Waals surface area contributed by atoms with Crippen molar-refractivity contribution < 1.29 is 4.79 Å². The van der Waals surface area contributed by atoms with E-state index in [9.17, 15) is 4.79 Å². The molecule has 4 heteroatoms. The smallest absolute Gasteiger partial charge is 0.220 e. The third-order valence-corrected chi connectivity index (χ3v) is 4.24. The normalized spacial score (nSPS) is 17.7. The monoisotopic (exact) mass is 271 g/mol. The van der Waals surface area contributed by atoms with Crippen molar-refractivity contribution in [1.82, 2.24) is 9.88 Å². The van der Waals surface area contributed by atoms with Gasteiger partial charge in [0.2, 0.25) is 5.91 Å². The van der Waals surface area contributed by atoms with Gasteiger partial charge in [-0.3, -0.25) is 9.78 Å². The second-order valence-corrected chi connectivity index (χ2v) is 5.82. The van der Waals surface area contributed by atoms with E-state index in [0.717, 1.165) is 18.7 Å². The van der Waals surface area contributed by atoms with Crippen LogP contribution in [-0.4, -0.2) is 41.5 Å². The highest BCUT2D eigenvalue weighted by Gasteiger charge is 2.27. The van der Waals surface area contributed by atoms with Crippen LogP contribution >= 0.6 is 0 Å². The molecule has 0 aliphatic carbocycles. The molecule has 1 aromatic rings. The minimum atomic E-state index is 0.132. The van der Waals surface area contributed by atoms with E-state index < -0.39 is 0 Å². The predicted molar refractivity (Wildman–Crippen MR) is 80.7 cm³/mol. The van der Waals surface area contributed by atoms with Crippen LogP contribution < -0.4 is 4.90 Å². The summed E-state index contributed by atoms with van der Waals surface area (Å²) in [6.45, 7) is 8.54. The fraction of sp³-hybridized carbons (Fsp3) is 0.500. The van der Waals surface area contributed by atoms with Crippen LogP contribution in [0.5, 0.6) is 0 Å². The Labute approximate surface area is 120 Å². The SMILES string of the molecule is CC(=O)N1CC=C(c2nccc3c2CCN3C(C)C)C1. The Morgan fingerprint density at radius 3 is 2.85 bits per heavy atom. The summed E-state index contributed by atoms with van der Waals surface area (Å²) in [5, 5.41) is 0. The number of amides is 1. The van der Waals surface area contributed by atoms with Crippen LogP contribution in [-0.2, 0) is 11.2 Å². The first-order valence-electron chi connectivity index (χ1n) is 7.27. The lowest BCUT2D eigenvalue weighted by Gasteiger charge is -2.24. The Hall–Kier alpha value is -1.84. The van der Waals surface area contributed by atoms with Crippen LogP contribution in [0, 0.1) is 0 Å². The summed E-state index contributed by atoms with van der Waals surface area (Å²) in [5.74, 6) is 0.132. The molecule has 20 heavy (non-hydrogen) atoms. The van der Waals surface area contributed by atoms with Crippen molar-refractivity contribution in [2.24, 2.45) is 0 Å². The number of pyridine rings is 1. The van der Waals surface area contributed by atoms with Crippen molar-refractivity contribution in [3.8, 4) is 0 Å². The summed E-state index contributed by atoms with van der Waals surface area (Å²) in [7, 11) is 0. The molecule has 0 saturated carbocycles. The predicted octanol–water partition coefficient (Wildman–Crippen LogP) is 2.10. The zero-order chi connectivity index (χ0) is 14.3. The molecule has 0 N–H and O–H groups in total. The number of aromatic nitrogens is 1. The van der Waals surface area contributed by atoms with E-state index in [1.54, 1.807) is 6.92 Å². The summed E-state index contributed by atoms with van der Waals surface area (Å²) >= 11 is 0. The maximum Gasteiger partial charge on any atom is 0.220 e. The molecule has 2 aliphatic heterocycles. The molecule has 0 aromatic carbocycles. The van der Waals surface area contributed by atoms with Gasteiger partial charge in [0.15, 0.2) is 0 Å². The van der Waals surface area contributed by atoms with E-state index in [4.69, 9.17) is 0 Å². The number of rotatable bonds is 2. The Morgan fingerprint density at radius 2 is 2.20 bits per heavy atom. The number of hydrogen-bond donors (Lipinski definition) is 0. The summed E-state index contributed by atoms with van der Waals surface area (Å²) in [5.41, 5.74) is 4.95. The highest BCUT2D eigenvalue weighted by molar-refractivity contribution is 5.81. The minimum Gasteiger partial charge on any atom is -0.368 e. The zero-order valence-electron chi connectivity index (χ0n) is 12.4. The van der Waals surface area contributed by atoms with Gasteiger partial charge < -0.3 is 9.80 Å². The van der Waals surface area contributed by atoms with Crippen LogP contribution in [0.1, 0.15) is 32.0 Å². The van der Waals surface area contributed by atoms with Crippen LogP contribution in [0.2, 0.25) is 0 Å². The van der Waals surface area contributed by atoms with Gasteiger partial charge in [-0.2, -0.15) is 0 Å². The largest absolute Gasteiger partial charge is 0.368 e. The standard InChI is InChI=1S/C16H21N3O/c1-11(2)19-9-6-14-15(19)4-7-17-16(14)13-5-8-18(10-13)12(3)20/h4-5,7,11H,6,8-10H2,1-3H3. The molecule has 0 radical (unpaired) electrons. The van der Waals surface area contributed by atoms with Gasteiger partial charge in [-0.25, -0.2) is 0 Å². The van der Waals surface area contributed by atoms with Crippen LogP contribution in [0.15, 0.2) is 18.3 Å². The second-order valence-electron chi connectivity index (χ2n) is 5.82. The highest BCUT2D eigenvalue weighted by atomic mass is 16.2. The molecule has 4 nitrogen and oxygen atoms in total. The molecule has 106 valence electrons. The van der Waals surface area contributed by atoms with Crippen LogP contribution in [0.4, 0.5) is 5.69 Å². The fourth-order valence-corrected chi connectivity index (χ4v) is 3.13. The Morgan fingerprint density at radius 1 is 1.40 bits per heavy atom. The third-order valence-electron chi connectivity index (χ3n) is 4.24. The first kappa shape index (κ1) is 13.2. The third kappa shape index (κ3) is 2.09. The van der Waals surface area contributed by atoms with Crippen molar-refractivity contribution in [3.05, 3.63) is 29.6 Å². The first-order chi connectivity index (χ1) is 9.58. The molecule has 3 heterocycles. The second kappa shape index (κ2) is 4.93. The zero-order valence-corrected chi connectivity index (χ0v) is 12.4. The maximum atomic E-state index is 11.5. The highest BCUT2D eigenvalue weighted by Crippen LogP contribution is 2.34. The Bertz CT molecular complexity index is 577. The number of nitrogens with zero attached hydrogens (tertiary/aromatic N) is 3. The molecule has 2 aliphatic rings. The topological polar surface area (TPSA) is 36.4 Å². The lowest BCUT2D eigenvalue weighted by atomic mass is 10.0. The number of hydrogen-bond acceptors (Lipinski definition) is 3. The quantitative estimate of drug-likeness (QED) is 0.826. The van der Waals surface area contributed by atoms with E-state index in [0.29, 0.717) is 19.1 Å². The van der Waals surface area contributed by atoms with Gasteiger partial charge in [-0.1, -0.05) is 6.08 Å². The maximum absolute atomic E-state index is 11.5. The Balaban J connectivity index is 1.92. The number of carbonyl (C=O) groups is 1. The number of fused-ring (bicyclic) bond motifs is 1. The molecule has 3 rings (SSSR count). The number of carbonyl (C=O) groups excluding carboxylic acids is 1. The number of anilines is 1. The van der Waals surface area contributed by atoms with Crippen molar-refractivity contribution in [2.75, 3.05) is 24.5 Å². The van der Waals surface area contributed by atoms with Crippen molar-refractivity contribution in [3.63, 3.8) is 0 Å². The molecule has 1 aromatic heterocycles. The van der Waals surface area contributed by atoms with E-state index in [-0.39, 0.29) is 5.91 Å². The van der Waals surface area contributed by atoms with Crippen molar-refractivity contribution >= 4 is 17.2 Å². The van der Waals surface area contributed by atoms with E-state index in [1.165, 1.54) is 16.8 Å². The molecule has 0 spiro atoms. The van der Waals surface area contributed by atoms with Gasteiger partial charge in [0, 0.05) is 50.0 Å². The van der Waals surface area contributed by atoms with Gasteiger partial charge in [0.05, 0.1) is 5.69 Å². The van der Waals surface area contributed by atoms with E-state index in [1.807, 2.05) is 11.1 Å². The summed E-state index contributed by atoms with van der Waals surface area (Å²) in [6, 6.07) is 2.63. The van der Waals surface area contributed by atoms with Gasteiger partial charge >= 0.3 is 0 Å². The van der Waals surface area contributed by atoms with E-state index >= 15 is 0 Å².